The molecule has 0 unspecified atom stereocenters. The molecule has 2 amide bonds. The minimum absolute atomic E-state index is 0.291. The van der Waals surface area contributed by atoms with E-state index in [1.807, 2.05) is 13.0 Å². The normalized spacial score (nSPS) is 11.1. The molecular formula is C24H21BrFN3O3. The van der Waals surface area contributed by atoms with Crippen LogP contribution < -0.4 is 15.5 Å². The Hall–Kier alpha value is -3.52. The van der Waals surface area contributed by atoms with Crippen molar-refractivity contribution in [2.45, 2.75) is 20.5 Å². The van der Waals surface area contributed by atoms with Crippen LogP contribution in [0.2, 0.25) is 0 Å². The highest BCUT2D eigenvalue weighted by Crippen LogP contribution is 2.20. The first-order valence-electron chi connectivity index (χ1n) is 9.71. The Kier molecular flexibility index (Phi) is 7.72. The van der Waals surface area contributed by atoms with E-state index in [2.05, 4.69) is 31.8 Å². The molecule has 2 N–H and O–H groups in total. The number of carbonyl (C=O) groups is 2. The SMILES string of the molecule is C/C(=N\NC(=O)C(=O)Nc1ccc(Br)cc1C)c1ccc(OCc2ccc(F)cc2)cc1. The van der Waals surface area contributed by atoms with Crippen molar-refractivity contribution < 1.29 is 18.7 Å². The highest BCUT2D eigenvalue weighted by molar-refractivity contribution is 9.10. The molecule has 0 saturated carbocycles. The fourth-order valence-electron chi connectivity index (χ4n) is 2.74. The van der Waals surface area contributed by atoms with Gasteiger partial charge in [0.2, 0.25) is 0 Å². The number of benzene rings is 3. The molecule has 0 aliphatic carbocycles. The summed E-state index contributed by atoms with van der Waals surface area (Å²) in [5, 5.41) is 6.56. The van der Waals surface area contributed by atoms with Crippen molar-refractivity contribution in [3.8, 4) is 5.75 Å². The van der Waals surface area contributed by atoms with Crippen LogP contribution in [0, 0.1) is 12.7 Å². The molecule has 0 fully saturated rings. The first kappa shape index (κ1) is 23.1. The molecule has 3 rings (SSSR count). The van der Waals surface area contributed by atoms with E-state index < -0.39 is 11.8 Å². The summed E-state index contributed by atoms with van der Waals surface area (Å²) in [6.45, 7) is 3.86. The van der Waals surface area contributed by atoms with Crippen molar-refractivity contribution in [1.82, 2.24) is 5.43 Å². The molecule has 0 atom stereocenters. The Bertz CT molecular complexity index is 1150. The average Bonchev–Trinajstić information content (AvgIpc) is 2.79. The van der Waals surface area contributed by atoms with Gasteiger partial charge in [-0.05, 0) is 85.1 Å². The number of anilines is 1. The molecule has 0 aliphatic heterocycles. The first-order valence-corrected chi connectivity index (χ1v) is 10.5. The van der Waals surface area contributed by atoms with Crippen molar-refractivity contribution in [1.29, 1.82) is 0 Å². The Morgan fingerprint density at radius 1 is 1.00 bits per heavy atom. The van der Waals surface area contributed by atoms with Crippen molar-refractivity contribution in [3.05, 3.63) is 93.7 Å². The predicted molar refractivity (Wildman–Crippen MR) is 125 cm³/mol. The smallest absolute Gasteiger partial charge is 0.329 e. The number of hydrazone groups is 1. The summed E-state index contributed by atoms with van der Waals surface area (Å²) >= 11 is 3.35. The summed E-state index contributed by atoms with van der Waals surface area (Å²) in [7, 11) is 0. The molecule has 0 saturated heterocycles. The van der Waals surface area contributed by atoms with Crippen LogP contribution in [-0.2, 0) is 16.2 Å². The number of rotatable bonds is 6. The van der Waals surface area contributed by atoms with Crippen LogP contribution in [0.25, 0.3) is 0 Å². The van der Waals surface area contributed by atoms with Gasteiger partial charge in [-0.3, -0.25) is 9.59 Å². The number of aryl methyl sites for hydroxylation is 1. The minimum Gasteiger partial charge on any atom is -0.489 e. The lowest BCUT2D eigenvalue weighted by Gasteiger charge is -2.09. The van der Waals surface area contributed by atoms with E-state index in [4.69, 9.17) is 4.74 Å². The number of ether oxygens (including phenoxy) is 1. The maximum atomic E-state index is 13.0. The van der Waals surface area contributed by atoms with Crippen LogP contribution in [0.15, 0.2) is 76.3 Å². The fourth-order valence-corrected chi connectivity index (χ4v) is 3.21. The Morgan fingerprint density at radius 2 is 1.69 bits per heavy atom. The molecule has 0 heterocycles. The van der Waals surface area contributed by atoms with E-state index in [-0.39, 0.29) is 5.82 Å². The van der Waals surface area contributed by atoms with E-state index in [0.717, 1.165) is 21.2 Å². The maximum absolute atomic E-state index is 13.0. The van der Waals surface area contributed by atoms with E-state index in [0.29, 0.717) is 23.8 Å². The van der Waals surface area contributed by atoms with Gasteiger partial charge in [-0.1, -0.05) is 28.1 Å². The van der Waals surface area contributed by atoms with Crippen molar-refractivity contribution in [3.63, 3.8) is 0 Å². The number of amides is 2. The molecule has 164 valence electrons. The Morgan fingerprint density at radius 3 is 2.34 bits per heavy atom. The molecule has 0 bridgehead atoms. The van der Waals surface area contributed by atoms with Gasteiger partial charge in [-0.2, -0.15) is 5.10 Å². The summed E-state index contributed by atoms with van der Waals surface area (Å²) in [6.07, 6.45) is 0. The van der Waals surface area contributed by atoms with Gasteiger partial charge < -0.3 is 10.1 Å². The number of halogens is 2. The first-order chi connectivity index (χ1) is 15.3. The van der Waals surface area contributed by atoms with Crippen molar-refractivity contribution >= 4 is 39.1 Å². The van der Waals surface area contributed by atoms with Crippen LogP contribution in [0.4, 0.5) is 10.1 Å². The fraction of sp³-hybridized carbons (Fsp3) is 0.125. The molecule has 6 nitrogen and oxygen atoms in total. The standard InChI is InChI=1S/C24H21BrFN3O3/c1-15-13-19(25)7-12-22(15)27-23(30)24(31)29-28-16(2)18-5-10-21(11-6-18)32-14-17-3-8-20(26)9-4-17/h3-13H,14H2,1-2H3,(H,27,30)(H,29,31)/b28-16+. The third-order valence-electron chi connectivity index (χ3n) is 4.56. The van der Waals surface area contributed by atoms with Gasteiger partial charge in [-0.25, -0.2) is 9.82 Å². The van der Waals surface area contributed by atoms with E-state index in [1.165, 1.54) is 12.1 Å². The zero-order chi connectivity index (χ0) is 23.1. The minimum atomic E-state index is -0.870. The van der Waals surface area contributed by atoms with Crippen LogP contribution in [-0.4, -0.2) is 17.5 Å². The van der Waals surface area contributed by atoms with Crippen molar-refractivity contribution in [2.75, 3.05) is 5.32 Å². The molecule has 8 heteroatoms. The quantitative estimate of drug-likeness (QED) is 0.287. The second kappa shape index (κ2) is 10.7. The number of nitrogens with zero attached hydrogens (tertiary/aromatic N) is 1. The van der Waals surface area contributed by atoms with E-state index in [1.54, 1.807) is 55.5 Å². The summed E-state index contributed by atoms with van der Waals surface area (Å²) in [5.74, 6) is -1.33. The number of hydrogen-bond donors (Lipinski definition) is 2. The second-order valence-electron chi connectivity index (χ2n) is 6.99. The maximum Gasteiger partial charge on any atom is 0.329 e. The Labute approximate surface area is 193 Å². The second-order valence-corrected chi connectivity index (χ2v) is 7.91. The van der Waals surface area contributed by atoms with Gasteiger partial charge in [0.1, 0.15) is 18.2 Å². The lowest BCUT2D eigenvalue weighted by molar-refractivity contribution is -0.136. The predicted octanol–water partition coefficient (Wildman–Crippen LogP) is 4.95. The monoisotopic (exact) mass is 497 g/mol. The number of carbonyl (C=O) groups excluding carboxylic acids is 2. The average molecular weight is 498 g/mol. The molecule has 0 spiro atoms. The third-order valence-corrected chi connectivity index (χ3v) is 5.05. The summed E-state index contributed by atoms with van der Waals surface area (Å²) in [6, 6.07) is 18.5. The van der Waals surface area contributed by atoms with Crippen LogP contribution >= 0.6 is 15.9 Å². The molecule has 0 aromatic heterocycles. The lowest BCUT2D eigenvalue weighted by atomic mass is 10.1. The van der Waals surface area contributed by atoms with E-state index in [9.17, 15) is 14.0 Å². The topological polar surface area (TPSA) is 79.8 Å². The summed E-state index contributed by atoms with van der Waals surface area (Å²) in [5.41, 5.74) is 5.76. The van der Waals surface area contributed by atoms with Gasteiger partial charge in [0.15, 0.2) is 0 Å². The lowest BCUT2D eigenvalue weighted by Crippen LogP contribution is -2.33. The van der Waals surface area contributed by atoms with Crippen molar-refractivity contribution in [2.24, 2.45) is 5.10 Å². The van der Waals surface area contributed by atoms with Gasteiger partial charge in [-0.15, -0.1) is 0 Å². The molecule has 3 aromatic carbocycles. The van der Waals surface area contributed by atoms with Crippen LogP contribution in [0.5, 0.6) is 5.75 Å². The zero-order valence-electron chi connectivity index (χ0n) is 17.5. The largest absolute Gasteiger partial charge is 0.489 e. The molecule has 0 aliphatic rings. The van der Waals surface area contributed by atoms with Crippen LogP contribution in [0.1, 0.15) is 23.6 Å². The molecule has 32 heavy (non-hydrogen) atoms. The summed E-state index contributed by atoms with van der Waals surface area (Å²) in [4.78, 5) is 24.2. The van der Waals surface area contributed by atoms with Gasteiger partial charge in [0, 0.05) is 10.2 Å². The third kappa shape index (κ3) is 6.49. The van der Waals surface area contributed by atoms with Gasteiger partial charge in [0.25, 0.3) is 0 Å². The molecular weight excluding hydrogens is 477 g/mol. The van der Waals surface area contributed by atoms with Gasteiger partial charge >= 0.3 is 11.8 Å². The number of nitrogens with one attached hydrogen (secondary N) is 2. The highest BCUT2D eigenvalue weighted by Gasteiger charge is 2.14. The molecule has 3 aromatic rings. The van der Waals surface area contributed by atoms with Crippen LogP contribution in [0.3, 0.4) is 0 Å². The van der Waals surface area contributed by atoms with E-state index >= 15 is 0 Å². The highest BCUT2D eigenvalue weighted by atomic mass is 79.9. The molecule has 0 radical (unpaired) electrons. The number of hydrogen-bond acceptors (Lipinski definition) is 4. The summed E-state index contributed by atoms with van der Waals surface area (Å²) < 4.78 is 19.5. The zero-order valence-corrected chi connectivity index (χ0v) is 19.1. The van der Waals surface area contributed by atoms with Gasteiger partial charge in [0.05, 0.1) is 5.71 Å². The Balaban J connectivity index is 1.53.